The molecule has 0 spiro atoms. The van der Waals surface area contributed by atoms with Gasteiger partial charge in [0.1, 0.15) is 5.60 Å². The molecule has 1 atom stereocenters. The number of ether oxygens (including phenoxy) is 1. The highest BCUT2D eigenvalue weighted by Gasteiger charge is 2.33. The number of carbonyl (C=O) groups is 3. The minimum Gasteiger partial charge on any atom is -0.444 e. The molecule has 1 aromatic carbocycles. The van der Waals surface area contributed by atoms with Crippen LogP contribution < -0.4 is 15.5 Å². The van der Waals surface area contributed by atoms with Crippen molar-refractivity contribution in [1.29, 1.82) is 0 Å². The lowest BCUT2D eigenvalue weighted by Crippen LogP contribution is -2.50. The Hall–Kier alpha value is -2.13. The molecule has 4 rings (SSSR count). The van der Waals surface area contributed by atoms with Gasteiger partial charge in [0.25, 0.3) is 0 Å². The van der Waals surface area contributed by atoms with E-state index in [1.165, 1.54) is 5.69 Å². The number of rotatable bonds is 5. The molecule has 0 bridgehead atoms. The molecule has 1 unspecified atom stereocenters. The van der Waals surface area contributed by atoms with Crippen LogP contribution in [-0.2, 0) is 20.9 Å². The number of hydrogen-bond donors (Lipinski definition) is 2. The second-order valence-electron chi connectivity index (χ2n) is 11.3. The van der Waals surface area contributed by atoms with Crippen molar-refractivity contribution in [3.05, 3.63) is 28.2 Å². The van der Waals surface area contributed by atoms with Crippen LogP contribution in [0, 0.1) is 11.8 Å². The van der Waals surface area contributed by atoms with Gasteiger partial charge in [0.2, 0.25) is 11.8 Å². The summed E-state index contributed by atoms with van der Waals surface area (Å²) in [5.41, 5.74) is 1.89. The first-order valence-electron chi connectivity index (χ1n) is 13.2. The number of nitrogens with one attached hydrogen (secondary N) is 2. The van der Waals surface area contributed by atoms with Gasteiger partial charge in [0.15, 0.2) is 0 Å². The molecule has 3 heterocycles. The average molecular weight is 564 g/mol. The molecular formula is C27H39BrN4O4. The largest absolute Gasteiger partial charge is 0.444 e. The molecule has 9 heteroatoms. The number of benzene rings is 1. The normalized spacial score (nSPS) is 22.5. The molecule has 36 heavy (non-hydrogen) atoms. The van der Waals surface area contributed by atoms with Crippen LogP contribution in [0.15, 0.2) is 22.7 Å². The summed E-state index contributed by atoms with van der Waals surface area (Å²) in [6.07, 6.45) is 5.08. The predicted molar refractivity (Wildman–Crippen MR) is 143 cm³/mol. The predicted octanol–water partition coefficient (Wildman–Crippen LogP) is 4.21. The summed E-state index contributed by atoms with van der Waals surface area (Å²) in [5.74, 6) is 0.901. The summed E-state index contributed by atoms with van der Waals surface area (Å²) in [4.78, 5) is 40.3. The number of anilines is 1. The van der Waals surface area contributed by atoms with E-state index in [1.54, 1.807) is 0 Å². The molecule has 3 saturated heterocycles. The molecule has 1 aromatic rings. The first kappa shape index (κ1) is 26.9. The highest BCUT2D eigenvalue weighted by molar-refractivity contribution is 9.10. The highest BCUT2D eigenvalue weighted by atomic mass is 79.9. The summed E-state index contributed by atoms with van der Waals surface area (Å²) in [5, 5.41) is 5.77. The maximum absolute atomic E-state index is 12.4. The molecule has 8 nitrogen and oxygen atoms in total. The second-order valence-corrected chi connectivity index (χ2v) is 12.1. The SMILES string of the molecule is CC(C)(C)OC(=O)N1CCC(C2CCN(c3cccc(Br)c3CNC3CCC(=O)NC3=O)CC2)CC1. The Balaban J connectivity index is 1.30. The lowest BCUT2D eigenvalue weighted by molar-refractivity contribution is -0.134. The summed E-state index contributed by atoms with van der Waals surface area (Å²) >= 11 is 3.71. The van der Waals surface area contributed by atoms with Crippen molar-refractivity contribution in [2.75, 3.05) is 31.1 Å². The Morgan fingerprint density at radius 2 is 1.69 bits per heavy atom. The summed E-state index contributed by atoms with van der Waals surface area (Å²) in [6.45, 7) is 9.85. The maximum Gasteiger partial charge on any atom is 0.410 e. The van der Waals surface area contributed by atoms with E-state index in [2.05, 4.69) is 43.6 Å². The Kier molecular flexibility index (Phi) is 8.60. The number of piperidine rings is 3. The van der Waals surface area contributed by atoms with Gasteiger partial charge < -0.3 is 19.9 Å². The van der Waals surface area contributed by atoms with E-state index in [9.17, 15) is 14.4 Å². The van der Waals surface area contributed by atoms with Crippen LogP contribution in [0.4, 0.5) is 10.5 Å². The van der Waals surface area contributed by atoms with Crippen LogP contribution in [0.1, 0.15) is 64.9 Å². The molecule has 0 aromatic heterocycles. The van der Waals surface area contributed by atoms with Crippen LogP contribution in [0.2, 0.25) is 0 Å². The molecule has 2 N–H and O–H groups in total. The van der Waals surface area contributed by atoms with E-state index >= 15 is 0 Å². The zero-order valence-corrected chi connectivity index (χ0v) is 23.2. The zero-order valence-electron chi connectivity index (χ0n) is 21.6. The summed E-state index contributed by atoms with van der Waals surface area (Å²) in [6, 6.07) is 5.91. The first-order chi connectivity index (χ1) is 17.1. The lowest BCUT2D eigenvalue weighted by Gasteiger charge is -2.41. The zero-order chi connectivity index (χ0) is 25.9. The van der Waals surface area contributed by atoms with Crippen molar-refractivity contribution >= 4 is 39.5 Å². The Morgan fingerprint density at radius 1 is 1.06 bits per heavy atom. The van der Waals surface area contributed by atoms with Crippen molar-refractivity contribution < 1.29 is 19.1 Å². The smallest absolute Gasteiger partial charge is 0.410 e. The third kappa shape index (κ3) is 6.79. The van der Waals surface area contributed by atoms with E-state index < -0.39 is 5.60 Å². The summed E-state index contributed by atoms with van der Waals surface area (Å²) < 4.78 is 6.57. The van der Waals surface area contributed by atoms with Gasteiger partial charge in [-0.05, 0) is 76.8 Å². The number of hydrogen-bond acceptors (Lipinski definition) is 6. The molecule has 0 radical (unpaired) electrons. The van der Waals surface area contributed by atoms with Gasteiger partial charge in [-0.3, -0.25) is 14.9 Å². The molecule has 3 amide bonds. The Morgan fingerprint density at radius 3 is 2.31 bits per heavy atom. The van der Waals surface area contributed by atoms with Crippen LogP contribution in [0.3, 0.4) is 0 Å². The van der Waals surface area contributed by atoms with Gasteiger partial charge in [-0.2, -0.15) is 0 Å². The number of likely N-dealkylation sites (tertiary alicyclic amines) is 1. The molecule has 0 aliphatic carbocycles. The third-order valence-electron chi connectivity index (χ3n) is 7.60. The Bertz CT molecular complexity index is 963. The number of nitrogens with zero attached hydrogens (tertiary/aromatic N) is 2. The van der Waals surface area contributed by atoms with E-state index in [4.69, 9.17) is 4.74 Å². The van der Waals surface area contributed by atoms with Gasteiger partial charge in [-0.25, -0.2) is 4.79 Å². The third-order valence-corrected chi connectivity index (χ3v) is 8.34. The van der Waals surface area contributed by atoms with Gasteiger partial charge in [-0.15, -0.1) is 0 Å². The minimum absolute atomic E-state index is 0.191. The van der Waals surface area contributed by atoms with Gasteiger partial charge in [0, 0.05) is 54.9 Å². The van der Waals surface area contributed by atoms with Crippen molar-refractivity contribution in [1.82, 2.24) is 15.5 Å². The fraction of sp³-hybridized carbons (Fsp3) is 0.667. The highest BCUT2D eigenvalue weighted by Crippen LogP contribution is 2.36. The van der Waals surface area contributed by atoms with E-state index in [0.29, 0.717) is 31.2 Å². The first-order valence-corrected chi connectivity index (χ1v) is 14.0. The van der Waals surface area contributed by atoms with Crippen LogP contribution in [0.25, 0.3) is 0 Å². The van der Waals surface area contributed by atoms with Gasteiger partial charge in [-0.1, -0.05) is 22.0 Å². The van der Waals surface area contributed by atoms with Gasteiger partial charge in [0.05, 0.1) is 6.04 Å². The standard InChI is InChI=1S/C27H39BrN4O4/c1-27(2,3)36-26(35)32-15-11-19(12-16-32)18-9-13-31(14-10-18)23-6-4-5-21(28)20(23)17-29-22-7-8-24(33)30-25(22)34/h4-6,18-19,22,29H,7-17H2,1-3H3,(H,30,33,34). The fourth-order valence-corrected chi connectivity index (χ4v) is 6.12. The number of amides is 3. The molecule has 3 fully saturated rings. The average Bonchev–Trinajstić information content (AvgIpc) is 2.83. The van der Waals surface area contributed by atoms with Crippen molar-refractivity contribution in [3.8, 4) is 0 Å². The summed E-state index contributed by atoms with van der Waals surface area (Å²) in [7, 11) is 0. The lowest BCUT2D eigenvalue weighted by atomic mass is 9.78. The van der Waals surface area contributed by atoms with Crippen LogP contribution in [0.5, 0.6) is 0 Å². The molecule has 3 aliphatic rings. The van der Waals surface area contributed by atoms with Crippen molar-refractivity contribution in [2.24, 2.45) is 11.8 Å². The maximum atomic E-state index is 12.4. The van der Waals surface area contributed by atoms with E-state index in [0.717, 1.165) is 61.9 Å². The quantitative estimate of drug-likeness (QED) is 0.522. The number of imide groups is 1. The van der Waals surface area contributed by atoms with Crippen LogP contribution in [-0.4, -0.2) is 60.6 Å². The molecule has 198 valence electrons. The molecule has 0 saturated carbocycles. The van der Waals surface area contributed by atoms with Crippen molar-refractivity contribution in [2.45, 2.75) is 77.5 Å². The van der Waals surface area contributed by atoms with Crippen molar-refractivity contribution in [3.63, 3.8) is 0 Å². The number of halogens is 1. The molecular weight excluding hydrogens is 524 g/mol. The fourth-order valence-electron chi connectivity index (χ4n) is 5.62. The topological polar surface area (TPSA) is 91.0 Å². The van der Waals surface area contributed by atoms with E-state index in [-0.39, 0.29) is 23.9 Å². The van der Waals surface area contributed by atoms with Crippen LogP contribution >= 0.6 is 15.9 Å². The number of carbonyl (C=O) groups excluding carboxylic acids is 3. The second kappa shape index (κ2) is 11.5. The van der Waals surface area contributed by atoms with Gasteiger partial charge >= 0.3 is 6.09 Å². The molecule has 3 aliphatic heterocycles. The monoisotopic (exact) mass is 562 g/mol. The Labute approximate surface area is 222 Å². The minimum atomic E-state index is -0.455. The van der Waals surface area contributed by atoms with E-state index in [1.807, 2.05) is 31.7 Å².